The van der Waals surface area contributed by atoms with E-state index in [1.165, 1.54) is 31.4 Å². The number of nitriles is 1. The van der Waals surface area contributed by atoms with Crippen molar-refractivity contribution >= 4 is 11.9 Å². The zero-order valence-corrected chi connectivity index (χ0v) is 12.3. The van der Waals surface area contributed by atoms with Crippen molar-refractivity contribution in [2.45, 2.75) is 0 Å². The van der Waals surface area contributed by atoms with Crippen molar-refractivity contribution in [2.24, 2.45) is 0 Å². The van der Waals surface area contributed by atoms with Crippen molar-refractivity contribution in [3.05, 3.63) is 59.7 Å². The molecule has 0 atom stereocenters. The maximum absolute atomic E-state index is 11.7. The zero-order valence-electron chi connectivity index (χ0n) is 12.3. The van der Waals surface area contributed by atoms with Gasteiger partial charge in [0, 0.05) is 0 Å². The lowest BCUT2D eigenvalue weighted by molar-refractivity contribution is -0.136. The largest absolute Gasteiger partial charge is 0.482 e. The van der Waals surface area contributed by atoms with Crippen LogP contribution < -0.4 is 9.47 Å². The third-order valence-electron chi connectivity index (χ3n) is 2.85. The topological polar surface area (TPSA) is 85.6 Å². The van der Waals surface area contributed by atoms with E-state index in [4.69, 9.17) is 14.7 Å². The molecule has 0 saturated heterocycles. The van der Waals surface area contributed by atoms with Crippen LogP contribution >= 0.6 is 0 Å². The summed E-state index contributed by atoms with van der Waals surface area (Å²) in [6.07, 6.45) is 0. The standard InChI is InChI=1S/C17H13NO5/c1-21-17(20)13-4-8-15(9-5-13)23-16(19)11-22-14-6-2-12(10-18)3-7-14/h2-9H,11H2,1H3. The molecule has 6 heteroatoms. The second-order valence-electron chi connectivity index (χ2n) is 4.41. The van der Waals surface area contributed by atoms with Gasteiger partial charge in [-0.2, -0.15) is 5.26 Å². The Kier molecular flexibility index (Phi) is 5.31. The molecule has 0 aliphatic carbocycles. The molecule has 0 aliphatic rings. The minimum Gasteiger partial charge on any atom is -0.482 e. The molecule has 2 aromatic carbocycles. The molecule has 0 amide bonds. The second-order valence-corrected chi connectivity index (χ2v) is 4.41. The zero-order chi connectivity index (χ0) is 16.7. The number of esters is 2. The summed E-state index contributed by atoms with van der Waals surface area (Å²) in [5, 5.41) is 8.69. The van der Waals surface area contributed by atoms with Gasteiger partial charge in [0.15, 0.2) is 6.61 Å². The van der Waals surface area contributed by atoms with Crippen LogP contribution in [-0.4, -0.2) is 25.7 Å². The Hall–Kier alpha value is -3.33. The van der Waals surface area contributed by atoms with Crippen molar-refractivity contribution in [2.75, 3.05) is 13.7 Å². The summed E-state index contributed by atoms with van der Waals surface area (Å²) in [5.41, 5.74) is 0.867. The van der Waals surface area contributed by atoms with Gasteiger partial charge in [0.2, 0.25) is 0 Å². The van der Waals surface area contributed by atoms with Gasteiger partial charge in [-0.1, -0.05) is 0 Å². The van der Waals surface area contributed by atoms with Crippen LogP contribution in [0.5, 0.6) is 11.5 Å². The van der Waals surface area contributed by atoms with Gasteiger partial charge >= 0.3 is 11.9 Å². The molecule has 0 fully saturated rings. The quantitative estimate of drug-likeness (QED) is 0.622. The fraction of sp³-hybridized carbons (Fsp3) is 0.118. The van der Waals surface area contributed by atoms with Gasteiger partial charge in [-0.3, -0.25) is 0 Å². The van der Waals surface area contributed by atoms with Crippen molar-refractivity contribution in [3.8, 4) is 17.6 Å². The Balaban J connectivity index is 1.86. The minimum absolute atomic E-state index is 0.273. The van der Waals surface area contributed by atoms with Gasteiger partial charge in [0.25, 0.3) is 0 Å². The molecule has 2 rings (SSSR count). The van der Waals surface area contributed by atoms with E-state index in [0.717, 1.165) is 0 Å². The minimum atomic E-state index is -0.583. The molecule has 116 valence electrons. The van der Waals surface area contributed by atoms with E-state index in [1.54, 1.807) is 24.3 Å². The second kappa shape index (κ2) is 7.61. The molecule has 0 aromatic heterocycles. The number of rotatable bonds is 5. The van der Waals surface area contributed by atoms with E-state index in [1.807, 2.05) is 6.07 Å². The maximum Gasteiger partial charge on any atom is 0.349 e. The molecular formula is C17H13NO5. The van der Waals surface area contributed by atoms with Crippen molar-refractivity contribution in [1.29, 1.82) is 5.26 Å². The average Bonchev–Trinajstić information content (AvgIpc) is 2.60. The third-order valence-corrected chi connectivity index (χ3v) is 2.85. The van der Waals surface area contributed by atoms with Crippen LogP contribution in [0.3, 0.4) is 0 Å². The van der Waals surface area contributed by atoms with Crippen LogP contribution in [0, 0.1) is 11.3 Å². The Morgan fingerprint density at radius 3 is 2.17 bits per heavy atom. The molecule has 6 nitrogen and oxygen atoms in total. The smallest absolute Gasteiger partial charge is 0.349 e. The fourth-order valence-electron chi connectivity index (χ4n) is 1.71. The van der Waals surface area contributed by atoms with E-state index in [9.17, 15) is 9.59 Å². The van der Waals surface area contributed by atoms with Crippen molar-refractivity contribution < 1.29 is 23.8 Å². The SMILES string of the molecule is COC(=O)c1ccc(OC(=O)COc2ccc(C#N)cc2)cc1. The first-order valence-corrected chi connectivity index (χ1v) is 6.64. The Morgan fingerprint density at radius 1 is 1.00 bits per heavy atom. The summed E-state index contributed by atoms with van der Waals surface area (Å²) >= 11 is 0. The average molecular weight is 311 g/mol. The summed E-state index contributed by atoms with van der Waals surface area (Å²) in [5.74, 6) is -0.291. The summed E-state index contributed by atoms with van der Waals surface area (Å²) in [6.45, 7) is -0.273. The first-order valence-electron chi connectivity index (χ1n) is 6.64. The molecule has 0 heterocycles. The molecule has 0 bridgehead atoms. The lowest BCUT2D eigenvalue weighted by Crippen LogP contribution is -2.17. The normalized spacial score (nSPS) is 9.57. The van der Waals surface area contributed by atoms with Gasteiger partial charge in [0.1, 0.15) is 11.5 Å². The molecule has 0 spiro atoms. The van der Waals surface area contributed by atoms with Crippen LogP contribution in [0.25, 0.3) is 0 Å². The van der Waals surface area contributed by atoms with Gasteiger partial charge in [0.05, 0.1) is 24.3 Å². The molecule has 0 radical (unpaired) electrons. The fourth-order valence-corrected chi connectivity index (χ4v) is 1.71. The van der Waals surface area contributed by atoms with Crippen molar-refractivity contribution in [3.63, 3.8) is 0 Å². The number of benzene rings is 2. The molecule has 0 N–H and O–H groups in total. The summed E-state index contributed by atoms with van der Waals surface area (Å²) in [4.78, 5) is 23.0. The molecule has 0 saturated carbocycles. The van der Waals surface area contributed by atoms with Gasteiger partial charge < -0.3 is 14.2 Å². The molecule has 23 heavy (non-hydrogen) atoms. The molecule has 2 aromatic rings. The van der Waals surface area contributed by atoms with Crippen LogP contribution in [0.4, 0.5) is 0 Å². The number of carbonyl (C=O) groups is 2. The first kappa shape index (κ1) is 16.0. The van der Waals surface area contributed by atoms with Crippen molar-refractivity contribution in [1.82, 2.24) is 0 Å². The maximum atomic E-state index is 11.7. The number of methoxy groups -OCH3 is 1. The van der Waals surface area contributed by atoms with E-state index in [-0.39, 0.29) is 6.61 Å². The first-order chi connectivity index (χ1) is 11.1. The predicted molar refractivity (Wildman–Crippen MR) is 80.1 cm³/mol. The lowest BCUT2D eigenvalue weighted by atomic mass is 10.2. The highest BCUT2D eigenvalue weighted by Crippen LogP contribution is 2.14. The van der Waals surface area contributed by atoms with Gasteiger partial charge in [-0.15, -0.1) is 0 Å². The summed E-state index contributed by atoms with van der Waals surface area (Å²) in [7, 11) is 1.29. The summed E-state index contributed by atoms with van der Waals surface area (Å²) < 4.78 is 14.9. The van der Waals surface area contributed by atoms with Gasteiger partial charge in [-0.25, -0.2) is 9.59 Å². The third kappa shape index (κ3) is 4.58. The van der Waals surface area contributed by atoms with Crippen LogP contribution in [-0.2, 0) is 9.53 Å². The number of carbonyl (C=O) groups excluding carboxylic acids is 2. The highest BCUT2D eigenvalue weighted by molar-refractivity contribution is 5.89. The van der Waals surface area contributed by atoms with E-state index in [2.05, 4.69) is 4.74 Å². The molecule has 0 unspecified atom stereocenters. The molecule has 0 aliphatic heterocycles. The number of hydrogen-bond donors (Lipinski definition) is 0. The monoisotopic (exact) mass is 311 g/mol. The number of ether oxygens (including phenoxy) is 3. The van der Waals surface area contributed by atoms with Crippen LogP contribution in [0.1, 0.15) is 15.9 Å². The van der Waals surface area contributed by atoms with E-state index >= 15 is 0 Å². The predicted octanol–water partition coefficient (Wildman–Crippen LogP) is 2.33. The highest BCUT2D eigenvalue weighted by Gasteiger charge is 2.08. The Labute approximate surface area is 132 Å². The highest BCUT2D eigenvalue weighted by atomic mass is 16.6. The van der Waals surface area contributed by atoms with Gasteiger partial charge in [-0.05, 0) is 48.5 Å². The van der Waals surface area contributed by atoms with E-state index in [0.29, 0.717) is 22.6 Å². The van der Waals surface area contributed by atoms with Crippen LogP contribution in [0.2, 0.25) is 0 Å². The van der Waals surface area contributed by atoms with E-state index < -0.39 is 11.9 Å². The molecular weight excluding hydrogens is 298 g/mol. The Bertz CT molecular complexity index is 729. The Morgan fingerprint density at radius 2 is 1.61 bits per heavy atom. The summed E-state index contributed by atoms with van der Waals surface area (Å²) in [6, 6.07) is 14.3. The van der Waals surface area contributed by atoms with Crippen LogP contribution in [0.15, 0.2) is 48.5 Å². The number of nitrogens with zero attached hydrogens (tertiary/aromatic N) is 1. The lowest BCUT2D eigenvalue weighted by Gasteiger charge is -2.07. The number of hydrogen-bond acceptors (Lipinski definition) is 6.